The van der Waals surface area contributed by atoms with Crippen molar-refractivity contribution in [2.45, 2.75) is 26.7 Å². The zero-order chi connectivity index (χ0) is 23.9. The maximum Gasteiger partial charge on any atom is 0.264 e. The number of thiophene rings is 1. The summed E-state index contributed by atoms with van der Waals surface area (Å²) in [5.74, 6) is 0.761. The molecule has 34 heavy (non-hydrogen) atoms. The van der Waals surface area contributed by atoms with Gasteiger partial charge in [0.15, 0.2) is 5.82 Å². The number of nitrogens with zero attached hydrogens (tertiary/aromatic N) is 5. The van der Waals surface area contributed by atoms with Crippen LogP contribution in [0, 0.1) is 6.92 Å². The number of hydrogen-bond acceptors (Lipinski definition) is 6. The zero-order valence-electron chi connectivity index (χ0n) is 19.8. The molecule has 2 aromatic heterocycles. The molecule has 3 aromatic rings. The number of amides is 2. The van der Waals surface area contributed by atoms with Crippen molar-refractivity contribution in [2.24, 2.45) is 0 Å². The van der Waals surface area contributed by atoms with Gasteiger partial charge in [0.1, 0.15) is 6.54 Å². The highest BCUT2D eigenvalue weighted by molar-refractivity contribution is 7.12. The minimum Gasteiger partial charge on any atom is -0.353 e. The third-order valence-electron chi connectivity index (χ3n) is 6.01. The normalized spacial score (nSPS) is 14.1. The highest BCUT2D eigenvalue weighted by Gasteiger charge is 2.24. The van der Waals surface area contributed by atoms with Gasteiger partial charge >= 0.3 is 0 Å². The Balaban J connectivity index is 1.36. The summed E-state index contributed by atoms with van der Waals surface area (Å²) in [5, 5.41) is 10.8. The van der Waals surface area contributed by atoms with E-state index in [2.05, 4.69) is 46.3 Å². The lowest BCUT2D eigenvalue weighted by atomic mass is 10.1. The molecule has 3 heterocycles. The molecule has 0 atom stereocenters. The summed E-state index contributed by atoms with van der Waals surface area (Å²) >= 11 is 1.41. The predicted octanol–water partition coefficient (Wildman–Crippen LogP) is 4.10. The maximum atomic E-state index is 13.1. The van der Waals surface area contributed by atoms with E-state index in [9.17, 15) is 9.59 Å². The summed E-state index contributed by atoms with van der Waals surface area (Å²) in [6, 6.07) is 15.9. The van der Waals surface area contributed by atoms with Gasteiger partial charge in [0.05, 0.1) is 10.6 Å². The molecular weight excluding hydrogens is 446 g/mol. The van der Waals surface area contributed by atoms with Gasteiger partial charge in [-0.2, -0.15) is 0 Å². The maximum absolute atomic E-state index is 13.1. The van der Waals surface area contributed by atoms with Crippen LogP contribution in [0.5, 0.6) is 0 Å². The number of carbonyl (C=O) groups is 2. The summed E-state index contributed by atoms with van der Waals surface area (Å²) in [7, 11) is 0. The average molecular weight is 478 g/mol. The topological polar surface area (TPSA) is 69.6 Å². The van der Waals surface area contributed by atoms with Crippen LogP contribution in [0.15, 0.2) is 53.9 Å². The predicted molar refractivity (Wildman–Crippen MR) is 136 cm³/mol. The molecule has 2 amide bonds. The highest BCUT2D eigenvalue weighted by atomic mass is 32.1. The average Bonchev–Trinajstić information content (AvgIpc) is 3.28. The van der Waals surface area contributed by atoms with E-state index in [1.54, 1.807) is 4.90 Å². The molecular formula is C26H31N5O2S. The molecule has 0 unspecified atom stereocenters. The van der Waals surface area contributed by atoms with Crippen LogP contribution in [0.1, 0.15) is 35.0 Å². The van der Waals surface area contributed by atoms with E-state index in [4.69, 9.17) is 0 Å². The van der Waals surface area contributed by atoms with Gasteiger partial charge in [-0.1, -0.05) is 42.8 Å². The molecule has 0 N–H and O–H groups in total. The van der Waals surface area contributed by atoms with Gasteiger partial charge in [-0.3, -0.25) is 9.59 Å². The van der Waals surface area contributed by atoms with Crippen molar-refractivity contribution < 1.29 is 9.59 Å². The Morgan fingerprint density at radius 2 is 1.82 bits per heavy atom. The van der Waals surface area contributed by atoms with E-state index in [1.165, 1.54) is 16.9 Å². The minimum absolute atomic E-state index is 0.000935. The second-order valence-electron chi connectivity index (χ2n) is 8.57. The fourth-order valence-electron chi connectivity index (χ4n) is 4.11. The second kappa shape index (κ2) is 11.2. The monoisotopic (exact) mass is 477 g/mol. The Morgan fingerprint density at radius 3 is 2.50 bits per heavy atom. The Morgan fingerprint density at radius 1 is 1.00 bits per heavy atom. The number of aryl methyl sites for hydroxylation is 1. The van der Waals surface area contributed by atoms with Gasteiger partial charge in [0.25, 0.3) is 5.91 Å². The molecule has 0 saturated carbocycles. The fraction of sp³-hybridized carbons (Fsp3) is 0.385. The van der Waals surface area contributed by atoms with Crippen LogP contribution in [0.25, 0.3) is 11.3 Å². The van der Waals surface area contributed by atoms with E-state index >= 15 is 0 Å². The van der Waals surface area contributed by atoms with E-state index in [-0.39, 0.29) is 18.4 Å². The zero-order valence-corrected chi connectivity index (χ0v) is 20.6. The number of benzene rings is 1. The molecule has 0 spiro atoms. The first kappa shape index (κ1) is 23.9. The van der Waals surface area contributed by atoms with Gasteiger partial charge in [0.2, 0.25) is 5.91 Å². The summed E-state index contributed by atoms with van der Waals surface area (Å²) in [5.41, 5.74) is 3.11. The third-order valence-corrected chi connectivity index (χ3v) is 6.87. The van der Waals surface area contributed by atoms with Crippen LogP contribution < -0.4 is 4.90 Å². The lowest BCUT2D eigenvalue weighted by Gasteiger charge is -2.26. The molecule has 0 bridgehead atoms. The molecule has 1 fully saturated rings. The van der Waals surface area contributed by atoms with E-state index in [1.807, 2.05) is 41.5 Å². The summed E-state index contributed by atoms with van der Waals surface area (Å²) < 4.78 is 0. The van der Waals surface area contributed by atoms with Gasteiger partial charge < -0.3 is 14.7 Å². The van der Waals surface area contributed by atoms with Crippen LogP contribution in [0.2, 0.25) is 0 Å². The van der Waals surface area contributed by atoms with Crippen molar-refractivity contribution in [1.29, 1.82) is 0 Å². The first-order valence-electron chi connectivity index (χ1n) is 11.8. The Hall–Kier alpha value is -3.26. The summed E-state index contributed by atoms with van der Waals surface area (Å²) in [4.78, 5) is 32.3. The van der Waals surface area contributed by atoms with Gasteiger partial charge in [-0.25, -0.2) is 0 Å². The molecule has 178 valence electrons. The SMILES string of the molecule is CCCN(CC(=O)N1CCCN(c2ccc(-c3ccc(C)cc3)nn2)CC1)C(=O)c1cccs1. The Bertz CT molecular complexity index is 1080. The lowest BCUT2D eigenvalue weighted by Crippen LogP contribution is -2.44. The molecule has 1 saturated heterocycles. The quantitative estimate of drug-likeness (QED) is 0.512. The number of anilines is 1. The lowest BCUT2D eigenvalue weighted by molar-refractivity contribution is -0.131. The summed E-state index contributed by atoms with van der Waals surface area (Å²) in [6.45, 7) is 7.57. The highest BCUT2D eigenvalue weighted by Crippen LogP contribution is 2.20. The van der Waals surface area contributed by atoms with Crippen LogP contribution in [-0.4, -0.2) is 71.1 Å². The number of carbonyl (C=O) groups excluding carboxylic acids is 2. The Kier molecular flexibility index (Phi) is 7.90. The molecule has 1 aliphatic rings. The first-order valence-corrected chi connectivity index (χ1v) is 12.7. The van der Waals surface area contributed by atoms with Crippen molar-refractivity contribution >= 4 is 29.0 Å². The van der Waals surface area contributed by atoms with Crippen molar-refractivity contribution in [1.82, 2.24) is 20.0 Å². The van der Waals surface area contributed by atoms with Crippen molar-refractivity contribution in [3.8, 4) is 11.3 Å². The molecule has 1 aromatic carbocycles. The first-order chi connectivity index (χ1) is 16.5. The van der Waals surface area contributed by atoms with Gasteiger partial charge in [-0.05, 0) is 43.3 Å². The number of aromatic nitrogens is 2. The van der Waals surface area contributed by atoms with E-state index in [0.717, 1.165) is 36.5 Å². The third kappa shape index (κ3) is 5.80. The fourth-order valence-corrected chi connectivity index (χ4v) is 4.80. The van der Waals surface area contributed by atoms with Gasteiger partial charge in [-0.15, -0.1) is 21.5 Å². The standard InChI is InChI=1S/C26H31N5O2S/c1-3-13-31(26(33)23-6-4-18-34-23)19-25(32)30-15-5-14-29(16-17-30)24-12-11-22(27-28-24)21-9-7-20(2)8-10-21/h4,6-12,18H,3,5,13-17,19H2,1-2H3. The largest absolute Gasteiger partial charge is 0.353 e. The van der Waals surface area contributed by atoms with Crippen molar-refractivity contribution in [2.75, 3.05) is 44.2 Å². The molecule has 0 aliphatic carbocycles. The molecule has 1 aliphatic heterocycles. The van der Waals surface area contributed by atoms with Crippen LogP contribution in [-0.2, 0) is 4.79 Å². The van der Waals surface area contributed by atoms with E-state index < -0.39 is 0 Å². The minimum atomic E-state index is -0.0643. The molecule has 8 heteroatoms. The van der Waals surface area contributed by atoms with E-state index in [0.29, 0.717) is 31.1 Å². The summed E-state index contributed by atoms with van der Waals surface area (Å²) in [6.07, 6.45) is 1.66. The van der Waals surface area contributed by atoms with Crippen molar-refractivity contribution in [3.63, 3.8) is 0 Å². The smallest absolute Gasteiger partial charge is 0.264 e. The Labute approximate surface area is 205 Å². The van der Waals surface area contributed by atoms with Crippen molar-refractivity contribution in [3.05, 3.63) is 64.4 Å². The van der Waals surface area contributed by atoms with Crippen LogP contribution >= 0.6 is 11.3 Å². The van der Waals surface area contributed by atoms with Gasteiger partial charge in [0, 0.05) is 38.3 Å². The molecule has 7 nitrogen and oxygen atoms in total. The van der Waals surface area contributed by atoms with Crippen LogP contribution in [0.4, 0.5) is 5.82 Å². The molecule has 4 rings (SSSR count). The second-order valence-corrected chi connectivity index (χ2v) is 9.52. The number of rotatable bonds is 7. The van der Waals surface area contributed by atoms with Crippen LogP contribution in [0.3, 0.4) is 0 Å². The number of hydrogen-bond donors (Lipinski definition) is 0. The molecule has 0 radical (unpaired) electrons.